The highest BCUT2D eigenvalue weighted by Gasteiger charge is 2.41. The second-order valence-electron chi connectivity index (χ2n) is 8.04. The van der Waals surface area contributed by atoms with Gasteiger partial charge in [0, 0.05) is 37.2 Å². The van der Waals surface area contributed by atoms with Crippen molar-refractivity contribution in [2.24, 2.45) is 5.92 Å². The predicted octanol–water partition coefficient (Wildman–Crippen LogP) is 4.09. The molecule has 1 aromatic carbocycles. The van der Waals surface area contributed by atoms with Crippen molar-refractivity contribution in [3.63, 3.8) is 0 Å². The van der Waals surface area contributed by atoms with Gasteiger partial charge >= 0.3 is 0 Å². The van der Waals surface area contributed by atoms with E-state index in [0.29, 0.717) is 12.0 Å². The standard InChI is InChI=1S/C21H31N3O/c1-3-10-25-20-11-18-8-9-19(12-20)23(18)14-16(2)15-24-21-7-5-4-6-17(21)13-22-24/h4-7,13,16,18-20H,3,8-12,14-15H2,1-2H3/t16?,18-,19+,20?. The van der Waals surface area contributed by atoms with Crippen LogP contribution in [-0.4, -0.2) is 46.0 Å². The Morgan fingerprint density at radius 3 is 2.68 bits per heavy atom. The van der Waals surface area contributed by atoms with Gasteiger partial charge in [-0.3, -0.25) is 9.58 Å². The highest BCUT2D eigenvalue weighted by Crippen LogP contribution is 2.37. The number of nitrogens with zero attached hydrogens (tertiary/aromatic N) is 3. The summed E-state index contributed by atoms with van der Waals surface area (Å²) in [6.45, 7) is 7.68. The third kappa shape index (κ3) is 3.61. The molecule has 0 aliphatic carbocycles. The number of aromatic nitrogens is 2. The van der Waals surface area contributed by atoms with E-state index in [-0.39, 0.29) is 0 Å². The average molecular weight is 341 g/mol. The van der Waals surface area contributed by atoms with E-state index in [0.717, 1.165) is 31.7 Å². The Hall–Kier alpha value is -1.39. The molecule has 2 aliphatic rings. The van der Waals surface area contributed by atoms with Gasteiger partial charge in [0.1, 0.15) is 0 Å². The molecule has 0 saturated carbocycles. The summed E-state index contributed by atoms with van der Waals surface area (Å²) < 4.78 is 8.24. The highest BCUT2D eigenvalue weighted by molar-refractivity contribution is 5.78. The van der Waals surface area contributed by atoms with Crippen molar-refractivity contribution in [2.75, 3.05) is 13.2 Å². The molecule has 0 N–H and O–H groups in total. The first kappa shape index (κ1) is 17.0. The minimum atomic E-state index is 0.499. The van der Waals surface area contributed by atoms with Crippen molar-refractivity contribution in [1.29, 1.82) is 0 Å². The molecule has 136 valence electrons. The molecule has 4 atom stereocenters. The summed E-state index contributed by atoms with van der Waals surface area (Å²) in [4.78, 5) is 2.78. The van der Waals surface area contributed by atoms with Gasteiger partial charge in [0.25, 0.3) is 0 Å². The molecule has 25 heavy (non-hydrogen) atoms. The zero-order valence-corrected chi connectivity index (χ0v) is 15.6. The molecule has 2 aliphatic heterocycles. The van der Waals surface area contributed by atoms with Crippen LogP contribution >= 0.6 is 0 Å². The lowest BCUT2D eigenvalue weighted by Crippen LogP contribution is -2.47. The van der Waals surface area contributed by atoms with Crippen LogP contribution in [0.1, 0.15) is 46.0 Å². The monoisotopic (exact) mass is 341 g/mol. The third-order valence-electron chi connectivity index (χ3n) is 5.96. The summed E-state index contributed by atoms with van der Waals surface area (Å²) in [6.07, 6.45) is 8.79. The highest BCUT2D eigenvalue weighted by atomic mass is 16.5. The second-order valence-corrected chi connectivity index (χ2v) is 8.04. The number of para-hydroxylation sites is 1. The van der Waals surface area contributed by atoms with E-state index in [1.807, 2.05) is 6.20 Å². The normalized spacial score (nSPS) is 27.8. The van der Waals surface area contributed by atoms with Crippen LogP contribution in [0.3, 0.4) is 0 Å². The molecule has 0 spiro atoms. The topological polar surface area (TPSA) is 30.3 Å². The molecule has 0 amide bonds. The molecule has 4 nitrogen and oxygen atoms in total. The molecule has 2 aromatic rings. The number of fused-ring (bicyclic) bond motifs is 3. The van der Waals surface area contributed by atoms with E-state index in [1.165, 1.54) is 43.1 Å². The Morgan fingerprint density at radius 2 is 1.92 bits per heavy atom. The van der Waals surface area contributed by atoms with E-state index in [2.05, 4.69) is 52.8 Å². The quantitative estimate of drug-likeness (QED) is 0.760. The lowest BCUT2D eigenvalue weighted by atomic mass is 9.98. The first-order chi connectivity index (χ1) is 12.2. The van der Waals surface area contributed by atoms with Gasteiger partial charge in [-0.1, -0.05) is 32.0 Å². The lowest BCUT2D eigenvalue weighted by Gasteiger charge is -2.40. The maximum absolute atomic E-state index is 6.06. The molecule has 2 unspecified atom stereocenters. The molecular formula is C21H31N3O. The lowest BCUT2D eigenvalue weighted by molar-refractivity contribution is -0.0237. The van der Waals surface area contributed by atoms with Crippen LogP contribution in [0.2, 0.25) is 0 Å². The number of piperidine rings is 1. The Kier molecular flexibility index (Phi) is 5.09. The fourth-order valence-corrected chi connectivity index (χ4v) is 4.83. The van der Waals surface area contributed by atoms with Crippen LogP contribution in [0.5, 0.6) is 0 Å². The van der Waals surface area contributed by atoms with Crippen molar-refractivity contribution in [3.05, 3.63) is 30.5 Å². The van der Waals surface area contributed by atoms with Gasteiger partial charge in [0.15, 0.2) is 0 Å². The van der Waals surface area contributed by atoms with Crippen LogP contribution in [0.15, 0.2) is 30.5 Å². The minimum Gasteiger partial charge on any atom is -0.378 e. The summed E-state index contributed by atoms with van der Waals surface area (Å²) in [7, 11) is 0. The summed E-state index contributed by atoms with van der Waals surface area (Å²) in [5.41, 5.74) is 1.25. The van der Waals surface area contributed by atoms with Gasteiger partial charge in [0.05, 0.1) is 17.8 Å². The number of rotatable bonds is 7. The van der Waals surface area contributed by atoms with E-state index >= 15 is 0 Å². The zero-order chi connectivity index (χ0) is 17.2. The van der Waals surface area contributed by atoms with Crippen LogP contribution in [-0.2, 0) is 11.3 Å². The number of hydrogen-bond acceptors (Lipinski definition) is 3. The van der Waals surface area contributed by atoms with Crippen LogP contribution in [0.25, 0.3) is 10.9 Å². The molecule has 4 heteroatoms. The SMILES string of the molecule is CCCOC1C[C@H]2CC[C@@H](C1)N2CC(C)Cn1ncc2ccccc21. The van der Waals surface area contributed by atoms with Gasteiger partial charge in [-0.15, -0.1) is 0 Å². The van der Waals surface area contributed by atoms with Gasteiger partial charge in [0.2, 0.25) is 0 Å². The largest absolute Gasteiger partial charge is 0.378 e. The van der Waals surface area contributed by atoms with Gasteiger partial charge in [-0.05, 0) is 44.1 Å². The molecule has 2 fully saturated rings. The first-order valence-electron chi connectivity index (χ1n) is 10.0. The summed E-state index contributed by atoms with van der Waals surface area (Å²) >= 11 is 0. The summed E-state index contributed by atoms with van der Waals surface area (Å²) in [5, 5.41) is 5.85. The molecule has 1 aromatic heterocycles. The second kappa shape index (κ2) is 7.46. The van der Waals surface area contributed by atoms with Crippen molar-refractivity contribution in [2.45, 2.75) is 70.7 Å². The Labute approximate surface area is 151 Å². The molecular weight excluding hydrogens is 310 g/mol. The van der Waals surface area contributed by atoms with Crippen LogP contribution in [0, 0.1) is 5.92 Å². The van der Waals surface area contributed by atoms with Crippen molar-refractivity contribution < 1.29 is 4.74 Å². The smallest absolute Gasteiger partial charge is 0.0682 e. The molecule has 4 rings (SSSR count). The van der Waals surface area contributed by atoms with Gasteiger partial charge in [-0.25, -0.2) is 0 Å². The Morgan fingerprint density at radius 1 is 1.16 bits per heavy atom. The first-order valence-corrected chi connectivity index (χ1v) is 10.0. The number of ether oxygens (including phenoxy) is 1. The summed E-state index contributed by atoms with van der Waals surface area (Å²) in [6, 6.07) is 9.97. The van der Waals surface area contributed by atoms with E-state index in [1.54, 1.807) is 0 Å². The van der Waals surface area contributed by atoms with E-state index in [9.17, 15) is 0 Å². The fraction of sp³-hybridized carbons (Fsp3) is 0.667. The maximum atomic E-state index is 6.06. The molecule has 0 radical (unpaired) electrons. The van der Waals surface area contributed by atoms with Crippen LogP contribution < -0.4 is 0 Å². The summed E-state index contributed by atoms with van der Waals surface area (Å²) in [5.74, 6) is 0.611. The molecule has 3 heterocycles. The van der Waals surface area contributed by atoms with Crippen LogP contribution in [0.4, 0.5) is 0 Å². The predicted molar refractivity (Wildman–Crippen MR) is 102 cm³/mol. The Balaban J connectivity index is 1.36. The molecule has 2 saturated heterocycles. The van der Waals surface area contributed by atoms with Crippen molar-refractivity contribution in [1.82, 2.24) is 14.7 Å². The number of hydrogen-bond donors (Lipinski definition) is 0. The maximum Gasteiger partial charge on any atom is 0.0682 e. The minimum absolute atomic E-state index is 0.499. The fourth-order valence-electron chi connectivity index (χ4n) is 4.83. The molecule has 2 bridgehead atoms. The zero-order valence-electron chi connectivity index (χ0n) is 15.6. The number of benzene rings is 1. The van der Waals surface area contributed by atoms with Gasteiger partial charge in [-0.2, -0.15) is 5.10 Å². The van der Waals surface area contributed by atoms with Crippen molar-refractivity contribution in [3.8, 4) is 0 Å². The average Bonchev–Trinajstić information content (AvgIpc) is 3.11. The van der Waals surface area contributed by atoms with E-state index < -0.39 is 0 Å². The van der Waals surface area contributed by atoms with Gasteiger partial charge < -0.3 is 4.74 Å². The Bertz CT molecular complexity index is 683. The van der Waals surface area contributed by atoms with Crippen molar-refractivity contribution >= 4 is 10.9 Å². The van der Waals surface area contributed by atoms with E-state index in [4.69, 9.17) is 4.74 Å². The third-order valence-corrected chi connectivity index (χ3v) is 5.96.